The summed E-state index contributed by atoms with van der Waals surface area (Å²) in [6.07, 6.45) is 0. The Morgan fingerprint density at radius 2 is 1.96 bits per heavy atom. The van der Waals surface area contributed by atoms with Gasteiger partial charge >= 0.3 is 0 Å². The monoisotopic (exact) mass is 377 g/mol. The van der Waals surface area contributed by atoms with Crippen molar-refractivity contribution >= 4 is 34.6 Å². The number of carbonyl (C=O) groups is 1. The molecule has 0 spiro atoms. The number of benzene rings is 1. The molecule has 1 heterocycles. The molecular weight excluding hydrogens is 354 g/mol. The van der Waals surface area contributed by atoms with Crippen LogP contribution in [-0.4, -0.2) is 42.7 Å². The van der Waals surface area contributed by atoms with E-state index < -0.39 is 0 Å². The first-order chi connectivity index (χ1) is 12.2. The lowest BCUT2D eigenvalue weighted by Crippen LogP contribution is -2.44. The zero-order valence-electron chi connectivity index (χ0n) is 14.2. The van der Waals surface area contributed by atoms with Crippen molar-refractivity contribution in [2.24, 2.45) is 0 Å². The zero-order chi connectivity index (χ0) is 17.9. The third-order valence-electron chi connectivity index (χ3n) is 3.46. The second-order valence-corrected chi connectivity index (χ2v) is 6.84. The van der Waals surface area contributed by atoms with Crippen LogP contribution in [0.15, 0.2) is 47.8 Å². The summed E-state index contributed by atoms with van der Waals surface area (Å²) < 4.78 is 4.91. The molecule has 134 valence electrons. The van der Waals surface area contributed by atoms with E-state index in [4.69, 9.17) is 17.0 Å². The number of thiophene rings is 1. The van der Waals surface area contributed by atoms with Gasteiger partial charge in [0.2, 0.25) is 5.91 Å². The van der Waals surface area contributed by atoms with Crippen LogP contribution in [0.4, 0.5) is 0 Å². The first-order valence-corrected chi connectivity index (χ1v) is 9.32. The number of carbonyl (C=O) groups excluding carboxylic acids is 1. The molecule has 0 aliphatic carbocycles. The van der Waals surface area contributed by atoms with E-state index in [0.29, 0.717) is 31.4 Å². The molecule has 0 aliphatic heterocycles. The molecule has 0 fully saturated rings. The standard InChI is InChI=1S/C18H23N3O2S2/c1-23-10-9-19-17(22)12-20-18(24)21(14-16-8-5-11-25-16)13-15-6-3-2-4-7-15/h2-8,11H,9-10,12-14H2,1H3,(H,19,22)(H,20,24). The van der Waals surface area contributed by atoms with E-state index in [-0.39, 0.29) is 12.5 Å². The highest BCUT2D eigenvalue weighted by Gasteiger charge is 2.13. The molecule has 0 bridgehead atoms. The van der Waals surface area contributed by atoms with E-state index in [1.165, 1.54) is 10.4 Å². The average Bonchev–Trinajstić information content (AvgIpc) is 3.13. The number of thiocarbonyl (C=S) groups is 1. The van der Waals surface area contributed by atoms with Gasteiger partial charge in [-0.25, -0.2) is 0 Å². The third-order valence-corrected chi connectivity index (χ3v) is 4.72. The second kappa shape index (κ2) is 10.8. The van der Waals surface area contributed by atoms with Crippen LogP contribution in [-0.2, 0) is 22.6 Å². The molecule has 0 radical (unpaired) electrons. The fourth-order valence-corrected chi connectivity index (χ4v) is 3.14. The van der Waals surface area contributed by atoms with E-state index in [9.17, 15) is 4.79 Å². The summed E-state index contributed by atoms with van der Waals surface area (Å²) in [7, 11) is 1.60. The Bertz CT molecular complexity index is 648. The van der Waals surface area contributed by atoms with Crippen LogP contribution in [0.5, 0.6) is 0 Å². The van der Waals surface area contributed by atoms with Crippen LogP contribution in [0.2, 0.25) is 0 Å². The molecule has 25 heavy (non-hydrogen) atoms. The molecule has 2 rings (SSSR count). The summed E-state index contributed by atoms with van der Waals surface area (Å²) in [5.41, 5.74) is 1.17. The van der Waals surface area contributed by atoms with Crippen molar-refractivity contribution in [2.45, 2.75) is 13.1 Å². The van der Waals surface area contributed by atoms with E-state index >= 15 is 0 Å². The number of methoxy groups -OCH3 is 1. The lowest BCUT2D eigenvalue weighted by molar-refractivity contribution is -0.120. The van der Waals surface area contributed by atoms with Crippen molar-refractivity contribution in [3.05, 3.63) is 58.3 Å². The minimum atomic E-state index is -0.102. The number of hydrogen-bond acceptors (Lipinski definition) is 4. The van der Waals surface area contributed by atoms with Gasteiger partial charge in [-0.05, 0) is 29.2 Å². The first-order valence-electron chi connectivity index (χ1n) is 8.03. The summed E-state index contributed by atoms with van der Waals surface area (Å²) >= 11 is 7.21. The molecule has 1 aromatic carbocycles. The average molecular weight is 378 g/mol. The van der Waals surface area contributed by atoms with E-state index in [1.54, 1.807) is 18.4 Å². The highest BCUT2D eigenvalue weighted by Crippen LogP contribution is 2.14. The van der Waals surface area contributed by atoms with Crippen molar-refractivity contribution in [3.63, 3.8) is 0 Å². The van der Waals surface area contributed by atoms with E-state index in [1.807, 2.05) is 24.3 Å². The molecule has 0 saturated heterocycles. The second-order valence-electron chi connectivity index (χ2n) is 5.42. The number of nitrogens with one attached hydrogen (secondary N) is 2. The predicted molar refractivity (Wildman–Crippen MR) is 105 cm³/mol. The third kappa shape index (κ3) is 7.21. The topological polar surface area (TPSA) is 53.6 Å². The number of nitrogens with zero attached hydrogens (tertiary/aromatic N) is 1. The van der Waals surface area contributed by atoms with Gasteiger partial charge in [0.1, 0.15) is 0 Å². The zero-order valence-corrected chi connectivity index (χ0v) is 15.9. The molecule has 1 aromatic heterocycles. The normalized spacial score (nSPS) is 10.3. The lowest BCUT2D eigenvalue weighted by atomic mass is 10.2. The van der Waals surface area contributed by atoms with Gasteiger partial charge in [0, 0.05) is 25.1 Å². The highest BCUT2D eigenvalue weighted by molar-refractivity contribution is 7.80. The molecule has 0 atom stereocenters. The highest BCUT2D eigenvalue weighted by atomic mass is 32.1. The summed E-state index contributed by atoms with van der Waals surface area (Å²) in [5, 5.41) is 8.44. The van der Waals surface area contributed by atoms with Crippen molar-refractivity contribution in [2.75, 3.05) is 26.8 Å². The van der Waals surface area contributed by atoms with Gasteiger partial charge in [0.15, 0.2) is 5.11 Å². The van der Waals surface area contributed by atoms with Crippen LogP contribution < -0.4 is 10.6 Å². The molecule has 0 unspecified atom stereocenters. The van der Waals surface area contributed by atoms with Crippen LogP contribution in [0.3, 0.4) is 0 Å². The predicted octanol–water partition coefficient (Wildman–Crippen LogP) is 2.39. The maximum atomic E-state index is 11.8. The van der Waals surface area contributed by atoms with Crippen molar-refractivity contribution in [1.82, 2.24) is 15.5 Å². The first kappa shape index (κ1) is 19.4. The van der Waals surface area contributed by atoms with Gasteiger partial charge in [-0.1, -0.05) is 36.4 Å². The van der Waals surface area contributed by atoms with Gasteiger partial charge in [-0.3, -0.25) is 4.79 Å². The molecule has 0 aliphatic rings. The fourth-order valence-electron chi connectivity index (χ4n) is 2.22. The van der Waals surface area contributed by atoms with Gasteiger partial charge < -0.3 is 20.3 Å². The molecular formula is C18H23N3O2S2. The molecule has 7 heteroatoms. The number of hydrogen-bond donors (Lipinski definition) is 2. The Hall–Kier alpha value is -1.96. The Balaban J connectivity index is 1.91. The van der Waals surface area contributed by atoms with Gasteiger partial charge in [-0.2, -0.15) is 0 Å². The van der Waals surface area contributed by atoms with Gasteiger partial charge in [0.25, 0.3) is 0 Å². The number of amides is 1. The summed E-state index contributed by atoms with van der Waals surface area (Å²) in [4.78, 5) is 15.1. The number of rotatable bonds is 9. The van der Waals surface area contributed by atoms with Crippen LogP contribution >= 0.6 is 23.6 Å². The maximum Gasteiger partial charge on any atom is 0.239 e. The van der Waals surface area contributed by atoms with Crippen LogP contribution in [0.1, 0.15) is 10.4 Å². The summed E-state index contributed by atoms with van der Waals surface area (Å²) in [6, 6.07) is 14.3. The van der Waals surface area contributed by atoms with E-state index in [0.717, 1.165) is 0 Å². The summed E-state index contributed by atoms with van der Waals surface area (Å²) in [5.74, 6) is -0.102. The van der Waals surface area contributed by atoms with Crippen LogP contribution in [0, 0.1) is 0 Å². The molecule has 5 nitrogen and oxygen atoms in total. The van der Waals surface area contributed by atoms with Crippen molar-refractivity contribution in [1.29, 1.82) is 0 Å². The summed E-state index contributed by atoms with van der Waals surface area (Å²) in [6.45, 7) is 2.54. The maximum absolute atomic E-state index is 11.8. The lowest BCUT2D eigenvalue weighted by Gasteiger charge is -2.25. The Morgan fingerprint density at radius 3 is 2.64 bits per heavy atom. The van der Waals surface area contributed by atoms with E-state index in [2.05, 4.69) is 39.1 Å². The van der Waals surface area contributed by atoms with Crippen molar-refractivity contribution in [3.8, 4) is 0 Å². The molecule has 0 saturated carbocycles. The van der Waals surface area contributed by atoms with Gasteiger partial charge in [0.05, 0.1) is 19.7 Å². The van der Waals surface area contributed by atoms with Crippen LogP contribution in [0.25, 0.3) is 0 Å². The minimum absolute atomic E-state index is 0.102. The smallest absolute Gasteiger partial charge is 0.239 e. The largest absolute Gasteiger partial charge is 0.383 e. The Morgan fingerprint density at radius 1 is 1.16 bits per heavy atom. The minimum Gasteiger partial charge on any atom is -0.383 e. The quantitative estimate of drug-likeness (QED) is 0.519. The molecule has 2 N–H and O–H groups in total. The Labute approximate surface area is 158 Å². The SMILES string of the molecule is COCCNC(=O)CNC(=S)N(Cc1ccccc1)Cc1cccs1. The molecule has 2 aromatic rings. The van der Waals surface area contributed by atoms with Crippen molar-refractivity contribution < 1.29 is 9.53 Å². The fraction of sp³-hybridized carbons (Fsp3) is 0.333. The van der Waals surface area contributed by atoms with Gasteiger partial charge in [-0.15, -0.1) is 11.3 Å². The molecule has 1 amide bonds. The Kier molecular flexibility index (Phi) is 8.38. The number of ether oxygens (including phenoxy) is 1.